The van der Waals surface area contributed by atoms with E-state index < -0.39 is 0 Å². The lowest BCUT2D eigenvalue weighted by Gasteiger charge is -2.29. The van der Waals surface area contributed by atoms with Crippen LogP contribution >= 0.6 is 11.6 Å². The Hall–Kier alpha value is -1.46. The number of hydrogen-bond donors (Lipinski definition) is 2. The van der Waals surface area contributed by atoms with Gasteiger partial charge >= 0.3 is 0 Å². The number of fused-ring (bicyclic) bond motifs is 1. The highest BCUT2D eigenvalue weighted by Crippen LogP contribution is 2.38. The van der Waals surface area contributed by atoms with Crippen molar-refractivity contribution in [2.75, 3.05) is 19.8 Å². The van der Waals surface area contributed by atoms with Crippen LogP contribution in [0.3, 0.4) is 0 Å². The van der Waals surface area contributed by atoms with Gasteiger partial charge in [0.1, 0.15) is 13.2 Å². The summed E-state index contributed by atoms with van der Waals surface area (Å²) in [5, 5.41) is 3.59. The Morgan fingerprint density at radius 2 is 2.00 bits per heavy atom. The van der Waals surface area contributed by atoms with Crippen molar-refractivity contribution in [2.24, 2.45) is 5.73 Å². The molecule has 1 aromatic carbocycles. The van der Waals surface area contributed by atoms with Gasteiger partial charge in [-0.3, -0.25) is 4.79 Å². The van der Waals surface area contributed by atoms with Crippen LogP contribution in [0.15, 0.2) is 12.1 Å². The van der Waals surface area contributed by atoms with Gasteiger partial charge in [0.15, 0.2) is 11.5 Å². The molecule has 0 atom stereocenters. The van der Waals surface area contributed by atoms with Crippen LogP contribution in [0.5, 0.6) is 11.5 Å². The standard InChI is InChI=1S/C16H21ClN2O3/c17-12-7-11(8-13-15(12)22-6-5-21-13)9-14(20)19-16(10-18)3-1-2-4-16/h7-8H,1-6,9-10,18H2,(H,19,20). The highest BCUT2D eigenvalue weighted by Gasteiger charge is 2.33. The predicted octanol–water partition coefficient (Wildman–Crippen LogP) is 2.04. The zero-order chi connectivity index (χ0) is 15.6. The molecule has 3 N–H and O–H groups in total. The van der Waals surface area contributed by atoms with Crippen molar-refractivity contribution in [3.8, 4) is 11.5 Å². The second-order valence-electron chi connectivity index (χ2n) is 6.02. The molecule has 0 unspecified atom stereocenters. The van der Waals surface area contributed by atoms with Crippen LogP contribution in [0.4, 0.5) is 0 Å². The van der Waals surface area contributed by atoms with E-state index in [4.69, 9.17) is 26.8 Å². The minimum Gasteiger partial charge on any atom is -0.486 e. The summed E-state index contributed by atoms with van der Waals surface area (Å²) in [4.78, 5) is 12.3. The zero-order valence-electron chi connectivity index (χ0n) is 12.5. The van der Waals surface area contributed by atoms with Crippen LogP contribution in [0.25, 0.3) is 0 Å². The molecule has 1 heterocycles. The first-order valence-corrected chi connectivity index (χ1v) is 8.09. The quantitative estimate of drug-likeness (QED) is 0.889. The SMILES string of the molecule is NCC1(NC(=O)Cc2cc(Cl)c3c(c2)OCCO3)CCCC1. The fraction of sp³-hybridized carbons (Fsp3) is 0.562. The molecule has 1 amide bonds. The molecule has 1 aliphatic heterocycles. The number of carbonyl (C=O) groups excluding carboxylic acids is 1. The van der Waals surface area contributed by atoms with Crippen LogP contribution in [0.2, 0.25) is 5.02 Å². The van der Waals surface area contributed by atoms with Gasteiger partial charge in [-0.25, -0.2) is 0 Å². The molecule has 2 aliphatic rings. The summed E-state index contributed by atoms with van der Waals surface area (Å²) >= 11 is 6.20. The molecular weight excluding hydrogens is 304 g/mol. The van der Waals surface area contributed by atoms with E-state index in [2.05, 4.69) is 5.32 Å². The zero-order valence-corrected chi connectivity index (χ0v) is 13.2. The van der Waals surface area contributed by atoms with Gasteiger partial charge < -0.3 is 20.5 Å². The van der Waals surface area contributed by atoms with Crippen molar-refractivity contribution >= 4 is 17.5 Å². The predicted molar refractivity (Wildman–Crippen MR) is 84.5 cm³/mol. The molecule has 3 rings (SSSR count). The minimum atomic E-state index is -0.227. The minimum absolute atomic E-state index is 0.0277. The van der Waals surface area contributed by atoms with Crippen molar-refractivity contribution in [2.45, 2.75) is 37.6 Å². The lowest BCUT2D eigenvalue weighted by atomic mass is 9.97. The summed E-state index contributed by atoms with van der Waals surface area (Å²) in [6, 6.07) is 3.59. The monoisotopic (exact) mass is 324 g/mol. The third-order valence-electron chi connectivity index (χ3n) is 4.38. The third-order valence-corrected chi connectivity index (χ3v) is 4.66. The number of benzene rings is 1. The first-order valence-electron chi connectivity index (χ1n) is 7.71. The first-order chi connectivity index (χ1) is 10.6. The highest BCUT2D eigenvalue weighted by atomic mass is 35.5. The van der Waals surface area contributed by atoms with E-state index >= 15 is 0 Å². The summed E-state index contributed by atoms with van der Waals surface area (Å²) < 4.78 is 11.0. The first kappa shape index (κ1) is 15.4. The van der Waals surface area contributed by atoms with Gasteiger partial charge in [0.2, 0.25) is 5.91 Å². The van der Waals surface area contributed by atoms with E-state index in [1.165, 1.54) is 0 Å². The Kier molecular flexibility index (Phi) is 4.45. The molecule has 1 saturated carbocycles. The lowest BCUT2D eigenvalue weighted by Crippen LogP contribution is -2.52. The van der Waals surface area contributed by atoms with E-state index in [0.717, 1.165) is 31.2 Å². The van der Waals surface area contributed by atoms with E-state index in [9.17, 15) is 4.79 Å². The van der Waals surface area contributed by atoms with E-state index in [1.54, 1.807) is 6.07 Å². The number of rotatable bonds is 4. The van der Waals surface area contributed by atoms with Crippen molar-refractivity contribution in [1.82, 2.24) is 5.32 Å². The second kappa shape index (κ2) is 6.34. The molecule has 5 nitrogen and oxygen atoms in total. The van der Waals surface area contributed by atoms with Gasteiger partial charge in [-0.05, 0) is 30.5 Å². The van der Waals surface area contributed by atoms with Crippen molar-refractivity contribution < 1.29 is 14.3 Å². The maximum atomic E-state index is 12.3. The normalized spacial score (nSPS) is 19.0. The van der Waals surface area contributed by atoms with Gasteiger partial charge in [0.25, 0.3) is 0 Å². The molecule has 1 aliphatic carbocycles. The van der Waals surface area contributed by atoms with Crippen LogP contribution in [0.1, 0.15) is 31.2 Å². The Morgan fingerprint density at radius 1 is 1.27 bits per heavy atom. The van der Waals surface area contributed by atoms with Gasteiger partial charge in [0, 0.05) is 6.54 Å². The maximum absolute atomic E-state index is 12.3. The van der Waals surface area contributed by atoms with Crippen molar-refractivity contribution in [3.05, 3.63) is 22.7 Å². The van der Waals surface area contributed by atoms with Gasteiger partial charge in [-0.2, -0.15) is 0 Å². The Bertz CT molecular complexity index is 571. The van der Waals surface area contributed by atoms with Gasteiger partial charge in [0.05, 0.1) is 17.0 Å². The molecule has 22 heavy (non-hydrogen) atoms. The van der Waals surface area contributed by atoms with Gasteiger partial charge in [-0.1, -0.05) is 24.4 Å². The third kappa shape index (κ3) is 3.15. The number of nitrogens with one attached hydrogen (secondary N) is 1. The average molecular weight is 325 g/mol. The average Bonchev–Trinajstić information content (AvgIpc) is 2.96. The molecule has 0 radical (unpaired) electrons. The number of hydrogen-bond acceptors (Lipinski definition) is 4. The highest BCUT2D eigenvalue weighted by molar-refractivity contribution is 6.32. The summed E-state index contributed by atoms with van der Waals surface area (Å²) in [5.74, 6) is 1.14. The molecule has 0 aromatic heterocycles. The topological polar surface area (TPSA) is 73.6 Å². The molecule has 0 spiro atoms. The summed E-state index contributed by atoms with van der Waals surface area (Å²) in [6.45, 7) is 1.47. The maximum Gasteiger partial charge on any atom is 0.224 e. The van der Waals surface area contributed by atoms with Crippen LogP contribution in [-0.2, 0) is 11.2 Å². The number of carbonyl (C=O) groups is 1. The Morgan fingerprint density at radius 3 is 2.73 bits per heavy atom. The Labute approximate surface area is 135 Å². The molecular formula is C16H21ClN2O3. The Balaban J connectivity index is 1.70. The van der Waals surface area contributed by atoms with E-state index in [0.29, 0.717) is 36.3 Å². The van der Waals surface area contributed by atoms with Crippen molar-refractivity contribution in [3.63, 3.8) is 0 Å². The second-order valence-corrected chi connectivity index (χ2v) is 6.43. The van der Waals surface area contributed by atoms with Crippen molar-refractivity contribution in [1.29, 1.82) is 0 Å². The molecule has 0 saturated heterocycles. The summed E-state index contributed by atoms with van der Waals surface area (Å²) in [6.07, 6.45) is 4.41. The number of ether oxygens (including phenoxy) is 2. The molecule has 1 aromatic rings. The molecule has 0 bridgehead atoms. The van der Waals surface area contributed by atoms with Crippen LogP contribution in [0, 0.1) is 0 Å². The fourth-order valence-electron chi connectivity index (χ4n) is 3.22. The van der Waals surface area contributed by atoms with Gasteiger partial charge in [-0.15, -0.1) is 0 Å². The fourth-order valence-corrected chi connectivity index (χ4v) is 3.51. The number of nitrogens with two attached hydrogens (primary N) is 1. The largest absolute Gasteiger partial charge is 0.486 e. The summed E-state index contributed by atoms with van der Waals surface area (Å²) in [7, 11) is 0. The molecule has 120 valence electrons. The lowest BCUT2D eigenvalue weighted by molar-refractivity contribution is -0.122. The number of amides is 1. The molecule has 6 heteroatoms. The van der Waals surface area contributed by atoms with E-state index in [1.807, 2.05) is 6.07 Å². The van der Waals surface area contributed by atoms with Crippen LogP contribution in [-0.4, -0.2) is 31.2 Å². The summed E-state index contributed by atoms with van der Waals surface area (Å²) in [5.41, 5.74) is 6.44. The number of halogens is 1. The van der Waals surface area contributed by atoms with E-state index in [-0.39, 0.29) is 17.9 Å². The smallest absolute Gasteiger partial charge is 0.224 e. The molecule has 1 fully saturated rings. The van der Waals surface area contributed by atoms with Crippen LogP contribution < -0.4 is 20.5 Å².